The number of pyridine rings is 1. The molecular formula is C41H26N2O. The van der Waals surface area contributed by atoms with Gasteiger partial charge < -0.3 is 9.32 Å². The fourth-order valence-corrected chi connectivity index (χ4v) is 6.50. The van der Waals surface area contributed by atoms with Crippen LogP contribution in [0.3, 0.4) is 0 Å². The second-order valence-electron chi connectivity index (χ2n) is 11.3. The van der Waals surface area contributed by atoms with Crippen LogP contribution in [0.5, 0.6) is 0 Å². The Morgan fingerprint density at radius 1 is 0.432 bits per heavy atom. The van der Waals surface area contributed by atoms with E-state index in [9.17, 15) is 0 Å². The van der Waals surface area contributed by atoms with Gasteiger partial charge in [-0.25, -0.2) is 0 Å². The molecule has 9 aromatic rings. The van der Waals surface area contributed by atoms with E-state index >= 15 is 0 Å². The molecule has 2 aromatic heterocycles. The average molecular weight is 563 g/mol. The van der Waals surface area contributed by atoms with Gasteiger partial charge in [-0.05, 0) is 105 Å². The third-order valence-electron chi connectivity index (χ3n) is 8.63. The molecule has 0 radical (unpaired) electrons. The molecular weight excluding hydrogens is 536 g/mol. The van der Waals surface area contributed by atoms with Gasteiger partial charge in [-0.15, -0.1) is 0 Å². The minimum Gasteiger partial charge on any atom is -0.456 e. The Balaban J connectivity index is 1.22. The van der Waals surface area contributed by atoms with Crippen LogP contribution in [0, 0.1) is 0 Å². The summed E-state index contributed by atoms with van der Waals surface area (Å²) < 4.78 is 6.23. The lowest BCUT2D eigenvalue weighted by Gasteiger charge is -2.26. The first-order chi connectivity index (χ1) is 21.8. The van der Waals surface area contributed by atoms with Crippen molar-refractivity contribution in [1.82, 2.24) is 4.98 Å². The van der Waals surface area contributed by atoms with Crippen LogP contribution in [-0.4, -0.2) is 4.98 Å². The maximum atomic E-state index is 6.23. The zero-order valence-electron chi connectivity index (χ0n) is 23.8. The molecule has 206 valence electrons. The Labute approximate surface area is 254 Å². The number of para-hydroxylation sites is 2. The highest BCUT2D eigenvalue weighted by Gasteiger charge is 2.16. The highest BCUT2D eigenvalue weighted by Crippen LogP contribution is 2.41. The summed E-state index contributed by atoms with van der Waals surface area (Å²) in [6.45, 7) is 0. The maximum absolute atomic E-state index is 6.23. The summed E-state index contributed by atoms with van der Waals surface area (Å²) >= 11 is 0. The number of furan rings is 1. The van der Waals surface area contributed by atoms with E-state index in [4.69, 9.17) is 4.42 Å². The lowest BCUT2D eigenvalue weighted by molar-refractivity contribution is 0.669. The summed E-state index contributed by atoms with van der Waals surface area (Å²) in [5, 5.41) is 8.20. The molecule has 2 heterocycles. The lowest BCUT2D eigenvalue weighted by atomic mass is 9.99. The third-order valence-corrected chi connectivity index (χ3v) is 8.63. The Morgan fingerprint density at radius 2 is 1.16 bits per heavy atom. The molecule has 3 nitrogen and oxygen atoms in total. The summed E-state index contributed by atoms with van der Waals surface area (Å²) in [4.78, 5) is 6.83. The van der Waals surface area contributed by atoms with Crippen molar-refractivity contribution in [2.45, 2.75) is 0 Å². The van der Waals surface area contributed by atoms with Crippen LogP contribution in [0.25, 0.3) is 65.5 Å². The minimum atomic E-state index is 0.907. The number of hydrogen-bond donors (Lipinski definition) is 0. The average Bonchev–Trinajstić information content (AvgIpc) is 3.48. The van der Waals surface area contributed by atoms with Crippen molar-refractivity contribution in [1.29, 1.82) is 0 Å². The zero-order valence-corrected chi connectivity index (χ0v) is 23.8. The van der Waals surface area contributed by atoms with Crippen molar-refractivity contribution in [2.75, 3.05) is 4.90 Å². The first-order valence-electron chi connectivity index (χ1n) is 14.9. The number of nitrogens with zero attached hydrogens (tertiary/aromatic N) is 2. The number of aromatic nitrogens is 1. The second kappa shape index (κ2) is 9.82. The molecule has 0 aliphatic rings. The van der Waals surface area contributed by atoms with E-state index in [1.54, 1.807) is 0 Å². The molecule has 0 amide bonds. The molecule has 0 saturated carbocycles. The number of rotatable bonds is 4. The van der Waals surface area contributed by atoms with E-state index in [1.165, 1.54) is 32.7 Å². The van der Waals surface area contributed by atoms with Crippen LogP contribution in [0.2, 0.25) is 0 Å². The largest absolute Gasteiger partial charge is 0.456 e. The number of anilines is 3. The van der Waals surface area contributed by atoms with Gasteiger partial charge in [-0.2, -0.15) is 0 Å². The van der Waals surface area contributed by atoms with Crippen molar-refractivity contribution in [2.24, 2.45) is 0 Å². The molecule has 44 heavy (non-hydrogen) atoms. The Morgan fingerprint density at radius 3 is 2.07 bits per heavy atom. The van der Waals surface area contributed by atoms with E-state index in [1.807, 2.05) is 24.4 Å². The van der Waals surface area contributed by atoms with Crippen LogP contribution in [0.15, 0.2) is 162 Å². The molecule has 0 fully saturated rings. The topological polar surface area (TPSA) is 29.3 Å². The molecule has 0 atom stereocenters. The first kappa shape index (κ1) is 24.6. The maximum Gasteiger partial charge on any atom is 0.136 e. The van der Waals surface area contributed by atoms with Crippen molar-refractivity contribution in [3.63, 3.8) is 0 Å². The number of benzene rings is 7. The highest BCUT2D eigenvalue weighted by atomic mass is 16.3. The van der Waals surface area contributed by atoms with Gasteiger partial charge in [0.15, 0.2) is 0 Å². The second-order valence-corrected chi connectivity index (χ2v) is 11.3. The van der Waals surface area contributed by atoms with Gasteiger partial charge in [0.1, 0.15) is 11.2 Å². The van der Waals surface area contributed by atoms with Gasteiger partial charge in [-0.1, -0.05) is 78.9 Å². The Kier molecular flexibility index (Phi) is 5.50. The van der Waals surface area contributed by atoms with Gasteiger partial charge in [0.05, 0.1) is 5.52 Å². The molecule has 0 aliphatic heterocycles. The van der Waals surface area contributed by atoms with Crippen LogP contribution in [0.4, 0.5) is 17.1 Å². The predicted octanol–water partition coefficient (Wildman–Crippen LogP) is 11.6. The van der Waals surface area contributed by atoms with E-state index < -0.39 is 0 Å². The van der Waals surface area contributed by atoms with E-state index in [0.29, 0.717) is 0 Å². The molecule has 3 heteroatoms. The van der Waals surface area contributed by atoms with Crippen molar-refractivity contribution in [3.05, 3.63) is 158 Å². The fourth-order valence-electron chi connectivity index (χ4n) is 6.50. The van der Waals surface area contributed by atoms with Gasteiger partial charge >= 0.3 is 0 Å². The summed E-state index contributed by atoms with van der Waals surface area (Å²) in [6.07, 6.45) is 1.84. The van der Waals surface area contributed by atoms with E-state index in [0.717, 1.165) is 49.9 Å². The van der Waals surface area contributed by atoms with Gasteiger partial charge in [0.2, 0.25) is 0 Å². The van der Waals surface area contributed by atoms with Crippen molar-refractivity contribution < 1.29 is 4.42 Å². The molecule has 0 N–H and O–H groups in total. The minimum absolute atomic E-state index is 0.907. The van der Waals surface area contributed by atoms with Crippen LogP contribution < -0.4 is 4.90 Å². The lowest BCUT2D eigenvalue weighted by Crippen LogP contribution is -2.09. The number of fused-ring (bicyclic) bond motifs is 7. The Hall–Kier alpha value is -5.93. The number of hydrogen-bond acceptors (Lipinski definition) is 3. The zero-order chi connectivity index (χ0) is 29.0. The predicted molar refractivity (Wildman–Crippen MR) is 184 cm³/mol. The van der Waals surface area contributed by atoms with Crippen LogP contribution >= 0.6 is 0 Å². The van der Waals surface area contributed by atoms with Crippen LogP contribution in [0.1, 0.15) is 0 Å². The molecule has 0 spiro atoms. The Bertz CT molecular complexity index is 2510. The first-order valence-corrected chi connectivity index (χ1v) is 14.9. The van der Waals surface area contributed by atoms with Crippen LogP contribution in [-0.2, 0) is 0 Å². The van der Waals surface area contributed by atoms with Gasteiger partial charge in [0.25, 0.3) is 0 Å². The molecule has 9 rings (SSSR count). The summed E-state index contributed by atoms with van der Waals surface area (Å²) in [5.41, 5.74) is 8.50. The van der Waals surface area contributed by atoms with Gasteiger partial charge in [0, 0.05) is 39.4 Å². The van der Waals surface area contributed by atoms with Crippen molar-refractivity contribution >= 4 is 71.4 Å². The molecule has 0 saturated heterocycles. The molecule has 0 bridgehead atoms. The summed E-state index contributed by atoms with van der Waals surface area (Å²) in [5.74, 6) is 0. The van der Waals surface area contributed by atoms with Crippen molar-refractivity contribution in [3.8, 4) is 11.1 Å². The standard InChI is InChI=1S/C41H26N2O/c1-2-8-33(9-3-1)43(35-19-15-28-17-21-40-41(37(28)26-35)36-10-4-5-11-39(36)44-40)34-18-14-27-12-13-29(24-32(27)25-34)30-16-20-38-31(23-30)7-6-22-42-38/h1-26H. The monoisotopic (exact) mass is 562 g/mol. The molecule has 0 aliphatic carbocycles. The summed E-state index contributed by atoms with van der Waals surface area (Å²) in [6, 6.07) is 53.9. The smallest absolute Gasteiger partial charge is 0.136 e. The summed E-state index contributed by atoms with van der Waals surface area (Å²) in [7, 11) is 0. The molecule has 0 unspecified atom stereocenters. The van der Waals surface area contributed by atoms with E-state index in [-0.39, 0.29) is 0 Å². The normalized spacial score (nSPS) is 11.6. The highest BCUT2D eigenvalue weighted by molar-refractivity contribution is 6.19. The van der Waals surface area contributed by atoms with E-state index in [2.05, 4.69) is 143 Å². The quantitative estimate of drug-likeness (QED) is 0.214. The SMILES string of the molecule is c1ccc(N(c2ccc3ccc(-c4ccc5ncccc5c4)cc3c2)c2ccc3ccc4oc5ccccc5c4c3c2)cc1. The fraction of sp³-hybridized carbons (Fsp3) is 0. The third kappa shape index (κ3) is 4.02. The molecule has 7 aromatic carbocycles. The van der Waals surface area contributed by atoms with Gasteiger partial charge in [-0.3, -0.25) is 4.98 Å².